The van der Waals surface area contributed by atoms with E-state index in [1.807, 2.05) is 19.1 Å². The highest BCUT2D eigenvalue weighted by Gasteiger charge is 2.15. The predicted molar refractivity (Wildman–Crippen MR) is 72.7 cm³/mol. The number of carbonyl (C=O) groups is 1. The summed E-state index contributed by atoms with van der Waals surface area (Å²) in [6.45, 7) is 3.81. The first kappa shape index (κ1) is 13.2. The third kappa shape index (κ3) is 2.78. The summed E-state index contributed by atoms with van der Waals surface area (Å²) in [6.07, 6.45) is 0.826. The Bertz CT molecular complexity index is 604. The van der Waals surface area contributed by atoms with Gasteiger partial charge in [-0.1, -0.05) is 31.2 Å². The van der Waals surface area contributed by atoms with Crippen molar-refractivity contribution >= 4 is 16.7 Å². The van der Waals surface area contributed by atoms with Crippen LogP contribution in [0, 0.1) is 0 Å². The Morgan fingerprint density at radius 2 is 1.95 bits per heavy atom. The molecule has 0 fully saturated rings. The molecule has 4 nitrogen and oxygen atoms in total. The van der Waals surface area contributed by atoms with Gasteiger partial charge < -0.3 is 14.6 Å². The minimum Gasteiger partial charge on any atom is -0.507 e. The fourth-order valence-electron chi connectivity index (χ4n) is 1.87. The van der Waals surface area contributed by atoms with E-state index in [2.05, 4.69) is 0 Å². The number of ether oxygens (including phenoxy) is 2. The van der Waals surface area contributed by atoms with Gasteiger partial charge in [-0.25, -0.2) is 0 Å². The van der Waals surface area contributed by atoms with E-state index in [0.29, 0.717) is 28.9 Å². The molecule has 0 aliphatic rings. The lowest BCUT2D eigenvalue weighted by Gasteiger charge is -2.14. The van der Waals surface area contributed by atoms with Crippen LogP contribution in [0.5, 0.6) is 17.2 Å². The van der Waals surface area contributed by atoms with Gasteiger partial charge in [0, 0.05) is 23.8 Å². The number of carbonyl (C=O) groups excluding carboxylic acids is 1. The van der Waals surface area contributed by atoms with Crippen molar-refractivity contribution < 1.29 is 19.4 Å². The molecule has 2 aromatic rings. The molecule has 0 heterocycles. The van der Waals surface area contributed by atoms with Crippen molar-refractivity contribution in [1.29, 1.82) is 0 Å². The number of phenolic OH excluding ortho intramolecular Hbond substituents is 1. The maximum absolute atomic E-state index is 11.2. The number of rotatable bonds is 4. The largest absolute Gasteiger partial charge is 0.507 e. The Balaban J connectivity index is 2.61. The molecule has 0 bridgehead atoms. The second kappa shape index (κ2) is 5.61. The van der Waals surface area contributed by atoms with Gasteiger partial charge in [0.15, 0.2) is 11.5 Å². The number of phenols is 1. The number of benzene rings is 2. The lowest BCUT2D eigenvalue weighted by Crippen LogP contribution is -2.05. The van der Waals surface area contributed by atoms with Crippen LogP contribution in [0.25, 0.3) is 10.8 Å². The highest BCUT2D eigenvalue weighted by atomic mass is 16.6. The summed E-state index contributed by atoms with van der Waals surface area (Å²) < 4.78 is 10.8. The molecule has 0 atom stereocenters. The van der Waals surface area contributed by atoms with Crippen molar-refractivity contribution in [1.82, 2.24) is 0 Å². The predicted octanol–water partition coefficient (Wildman–Crippen LogP) is 3.26. The second-order valence-corrected chi connectivity index (χ2v) is 4.21. The zero-order valence-corrected chi connectivity index (χ0v) is 11.0. The molecule has 0 aliphatic heterocycles. The summed E-state index contributed by atoms with van der Waals surface area (Å²) in [4.78, 5) is 11.2. The molecule has 0 spiro atoms. The Kier molecular flexibility index (Phi) is 3.90. The van der Waals surface area contributed by atoms with Crippen LogP contribution < -0.4 is 9.47 Å². The second-order valence-electron chi connectivity index (χ2n) is 4.21. The fraction of sp³-hybridized carbons (Fsp3) is 0.267. The highest BCUT2D eigenvalue weighted by molar-refractivity contribution is 5.96. The molecule has 19 heavy (non-hydrogen) atoms. The van der Waals surface area contributed by atoms with Gasteiger partial charge >= 0.3 is 5.97 Å². The van der Waals surface area contributed by atoms with Gasteiger partial charge in [-0.15, -0.1) is 0 Å². The van der Waals surface area contributed by atoms with E-state index in [1.165, 1.54) is 13.0 Å². The van der Waals surface area contributed by atoms with Crippen LogP contribution in [0.15, 0.2) is 30.3 Å². The normalized spacial score (nSPS) is 10.4. The summed E-state index contributed by atoms with van der Waals surface area (Å²) in [7, 11) is 0. The minimum atomic E-state index is -0.419. The summed E-state index contributed by atoms with van der Waals surface area (Å²) in [5, 5.41) is 11.3. The summed E-state index contributed by atoms with van der Waals surface area (Å²) in [5.74, 6) is 0.428. The molecule has 2 aromatic carbocycles. The maximum atomic E-state index is 11.2. The lowest BCUT2D eigenvalue weighted by molar-refractivity contribution is -0.131. The molecule has 100 valence electrons. The first-order valence-corrected chi connectivity index (χ1v) is 6.19. The molecule has 0 radical (unpaired) electrons. The standard InChI is InChI=1S/C15H16O4/c1-3-8-18-14-9-13(17)11-6-4-5-7-12(11)15(14)19-10(2)16/h4-7,9,17H,3,8H2,1-2H3. The van der Waals surface area contributed by atoms with E-state index in [4.69, 9.17) is 9.47 Å². The average Bonchev–Trinajstić information content (AvgIpc) is 2.40. The molecular formula is C15H16O4. The molecule has 0 aliphatic carbocycles. The number of aromatic hydroxyl groups is 1. The van der Waals surface area contributed by atoms with Gasteiger partial charge in [0.05, 0.1) is 6.61 Å². The molecule has 0 saturated carbocycles. The number of esters is 1. The summed E-state index contributed by atoms with van der Waals surface area (Å²) >= 11 is 0. The van der Waals surface area contributed by atoms with Gasteiger partial charge in [0.2, 0.25) is 0 Å². The highest BCUT2D eigenvalue weighted by Crippen LogP contribution is 2.41. The third-order valence-electron chi connectivity index (χ3n) is 2.65. The minimum absolute atomic E-state index is 0.109. The average molecular weight is 260 g/mol. The molecule has 0 aromatic heterocycles. The van der Waals surface area contributed by atoms with Crippen molar-refractivity contribution in [2.75, 3.05) is 6.61 Å². The molecule has 0 unspecified atom stereocenters. The molecular weight excluding hydrogens is 244 g/mol. The van der Waals surface area contributed by atoms with Crippen LogP contribution >= 0.6 is 0 Å². The van der Waals surface area contributed by atoms with E-state index in [-0.39, 0.29) is 5.75 Å². The van der Waals surface area contributed by atoms with Crippen molar-refractivity contribution in [2.24, 2.45) is 0 Å². The fourth-order valence-corrected chi connectivity index (χ4v) is 1.87. The van der Waals surface area contributed by atoms with Crippen molar-refractivity contribution in [3.05, 3.63) is 30.3 Å². The number of hydrogen-bond donors (Lipinski definition) is 1. The van der Waals surface area contributed by atoms with Gasteiger partial charge in [-0.2, -0.15) is 0 Å². The van der Waals surface area contributed by atoms with E-state index in [0.717, 1.165) is 6.42 Å². The van der Waals surface area contributed by atoms with E-state index in [9.17, 15) is 9.90 Å². The van der Waals surface area contributed by atoms with Crippen molar-refractivity contribution in [2.45, 2.75) is 20.3 Å². The van der Waals surface area contributed by atoms with Crippen LogP contribution in [0.4, 0.5) is 0 Å². The third-order valence-corrected chi connectivity index (χ3v) is 2.65. The quantitative estimate of drug-likeness (QED) is 0.677. The first-order valence-electron chi connectivity index (χ1n) is 6.19. The lowest BCUT2D eigenvalue weighted by atomic mass is 10.1. The SMILES string of the molecule is CCCOc1cc(O)c2ccccc2c1OC(C)=O. The van der Waals surface area contributed by atoms with Crippen LogP contribution in [0.3, 0.4) is 0 Å². The van der Waals surface area contributed by atoms with Gasteiger partial charge in [0.25, 0.3) is 0 Å². The molecule has 2 rings (SSSR count). The van der Waals surface area contributed by atoms with Crippen LogP contribution in [-0.4, -0.2) is 17.7 Å². The first-order chi connectivity index (χ1) is 9.13. The Morgan fingerprint density at radius 3 is 2.58 bits per heavy atom. The number of fused-ring (bicyclic) bond motifs is 1. The van der Waals surface area contributed by atoms with Crippen LogP contribution in [0.1, 0.15) is 20.3 Å². The maximum Gasteiger partial charge on any atom is 0.308 e. The van der Waals surface area contributed by atoms with E-state index < -0.39 is 5.97 Å². The smallest absolute Gasteiger partial charge is 0.308 e. The van der Waals surface area contributed by atoms with Crippen LogP contribution in [-0.2, 0) is 4.79 Å². The summed E-state index contributed by atoms with van der Waals surface area (Å²) in [6, 6.07) is 8.66. The molecule has 1 N–H and O–H groups in total. The van der Waals surface area contributed by atoms with Gasteiger partial charge in [-0.3, -0.25) is 4.79 Å². The monoisotopic (exact) mass is 260 g/mol. The number of hydrogen-bond acceptors (Lipinski definition) is 4. The van der Waals surface area contributed by atoms with Crippen molar-refractivity contribution in [3.63, 3.8) is 0 Å². The van der Waals surface area contributed by atoms with Crippen LogP contribution in [0.2, 0.25) is 0 Å². The van der Waals surface area contributed by atoms with Crippen molar-refractivity contribution in [3.8, 4) is 17.2 Å². The topological polar surface area (TPSA) is 55.8 Å². The Hall–Kier alpha value is -2.23. The van der Waals surface area contributed by atoms with E-state index in [1.54, 1.807) is 12.1 Å². The molecule has 0 saturated heterocycles. The zero-order chi connectivity index (χ0) is 13.8. The van der Waals surface area contributed by atoms with E-state index >= 15 is 0 Å². The molecule has 4 heteroatoms. The summed E-state index contributed by atoms with van der Waals surface area (Å²) in [5.41, 5.74) is 0. The van der Waals surface area contributed by atoms with Gasteiger partial charge in [-0.05, 0) is 6.42 Å². The van der Waals surface area contributed by atoms with Gasteiger partial charge in [0.1, 0.15) is 5.75 Å². The molecule has 0 amide bonds. The zero-order valence-electron chi connectivity index (χ0n) is 11.0. The Morgan fingerprint density at radius 1 is 1.26 bits per heavy atom. The Labute approximate surface area is 111 Å².